The Balaban J connectivity index is 2.13. The summed E-state index contributed by atoms with van der Waals surface area (Å²) in [6, 6.07) is -0.266. The lowest BCUT2D eigenvalue weighted by Crippen LogP contribution is -2.60. The number of hydrogen-bond acceptors (Lipinski definition) is 12. The molecule has 0 amide bonds. The van der Waals surface area contributed by atoms with Gasteiger partial charge in [0.2, 0.25) is 0 Å². The van der Waals surface area contributed by atoms with Gasteiger partial charge in [-0.2, -0.15) is 0 Å². The molecule has 0 radical (unpaired) electrons. The molecule has 0 bridgehead atoms. The van der Waals surface area contributed by atoms with Crippen molar-refractivity contribution in [1.82, 2.24) is 4.90 Å². The Morgan fingerprint density at radius 3 is 2.12 bits per heavy atom. The number of rotatable bonds is 7. The Kier molecular flexibility index (Phi) is 14.7. The average molecular weight is 702 g/mol. The highest BCUT2D eigenvalue weighted by Crippen LogP contribution is 2.40. The second kappa shape index (κ2) is 17.1. The van der Waals surface area contributed by atoms with Crippen LogP contribution in [-0.2, 0) is 38.0 Å². The smallest absolute Gasteiger partial charge is 0.311 e. The third kappa shape index (κ3) is 9.81. The number of aliphatic hydroxyl groups excluding tert-OH is 2. The van der Waals surface area contributed by atoms with Gasteiger partial charge in [0.1, 0.15) is 24.1 Å². The minimum atomic E-state index is -1.63. The van der Waals surface area contributed by atoms with Crippen LogP contribution in [0.3, 0.4) is 0 Å². The van der Waals surface area contributed by atoms with Gasteiger partial charge in [0.25, 0.3) is 0 Å². The van der Waals surface area contributed by atoms with Crippen LogP contribution in [0.2, 0.25) is 0 Å². The molecule has 0 saturated carbocycles. The zero-order valence-corrected chi connectivity index (χ0v) is 32.3. The van der Waals surface area contributed by atoms with Crippen molar-refractivity contribution < 1.29 is 53.3 Å². The first-order valence-corrected chi connectivity index (χ1v) is 18.3. The lowest BCUT2D eigenvalue weighted by molar-refractivity contribution is -0.317. The highest BCUT2D eigenvalue weighted by Gasteiger charge is 2.52. The van der Waals surface area contributed by atoms with Crippen LogP contribution in [0.15, 0.2) is 0 Å². The maximum Gasteiger partial charge on any atom is 0.311 e. The van der Waals surface area contributed by atoms with Crippen molar-refractivity contribution in [1.29, 1.82) is 0 Å². The molecule has 49 heavy (non-hydrogen) atoms. The number of likely N-dealkylation sites (N-methyl/N-ethyl adjacent to an activating group) is 1. The molecule has 286 valence electrons. The van der Waals surface area contributed by atoms with Crippen molar-refractivity contribution in [2.24, 2.45) is 29.6 Å². The first-order valence-electron chi connectivity index (χ1n) is 18.3. The lowest BCUT2D eigenvalue weighted by atomic mass is 9.75. The van der Waals surface area contributed by atoms with E-state index in [2.05, 4.69) is 0 Å². The number of esters is 1. The molecule has 3 fully saturated rings. The summed E-state index contributed by atoms with van der Waals surface area (Å²) in [5.41, 5.74) is -2.61. The van der Waals surface area contributed by atoms with Crippen LogP contribution in [0.1, 0.15) is 101 Å². The number of cyclic esters (lactones) is 1. The molecule has 0 aromatic rings. The van der Waals surface area contributed by atoms with Crippen LogP contribution in [0.5, 0.6) is 0 Å². The number of Topliss-reactive ketones (excluding diaryl/α,β-unsaturated/α-hetero) is 1. The minimum Gasteiger partial charge on any atom is -0.462 e. The van der Waals surface area contributed by atoms with E-state index in [9.17, 15) is 24.9 Å². The van der Waals surface area contributed by atoms with Crippen LogP contribution in [-0.4, -0.2) is 126 Å². The van der Waals surface area contributed by atoms with Crippen LogP contribution in [0.4, 0.5) is 0 Å². The molecular weight excluding hydrogens is 634 g/mol. The monoisotopic (exact) mass is 701 g/mol. The molecule has 0 aliphatic carbocycles. The molecule has 17 atom stereocenters. The predicted molar refractivity (Wildman–Crippen MR) is 183 cm³/mol. The number of nitrogens with zero attached hydrogens (tertiary/aromatic N) is 1. The van der Waals surface area contributed by atoms with Crippen molar-refractivity contribution >= 4 is 11.8 Å². The van der Waals surface area contributed by atoms with Gasteiger partial charge in [-0.1, -0.05) is 34.6 Å². The summed E-state index contributed by atoms with van der Waals surface area (Å²) in [4.78, 5) is 29.7. The van der Waals surface area contributed by atoms with Gasteiger partial charge in [0.05, 0.1) is 41.5 Å². The van der Waals surface area contributed by atoms with Crippen molar-refractivity contribution in [3.63, 3.8) is 0 Å². The van der Waals surface area contributed by atoms with Crippen LogP contribution in [0.25, 0.3) is 0 Å². The van der Waals surface area contributed by atoms with E-state index >= 15 is 0 Å². The molecule has 0 aromatic carbocycles. The van der Waals surface area contributed by atoms with Crippen molar-refractivity contribution in [3.05, 3.63) is 0 Å². The molecule has 3 rings (SSSR count). The Morgan fingerprint density at radius 2 is 1.55 bits per heavy atom. The number of carbonyl (C=O) groups excluding carboxylic acids is 2. The summed E-state index contributed by atoms with van der Waals surface area (Å²) in [6.45, 7) is 18.3. The highest BCUT2D eigenvalue weighted by atomic mass is 16.7. The third-order valence-electron chi connectivity index (χ3n) is 11.5. The molecular formula is C37H67NO11. The van der Waals surface area contributed by atoms with E-state index in [0.717, 1.165) is 0 Å². The van der Waals surface area contributed by atoms with Crippen LogP contribution in [0, 0.1) is 29.6 Å². The fourth-order valence-corrected chi connectivity index (χ4v) is 8.42. The summed E-state index contributed by atoms with van der Waals surface area (Å²) in [5.74, 6) is -2.95. The van der Waals surface area contributed by atoms with Crippen molar-refractivity contribution in [2.75, 3.05) is 21.2 Å². The largest absolute Gasteiger partial charge is 0.462 e. The summed E-state index contributed by atoms with van der Waals surface area (Å²) in [6.07, 6.45) is -5.31. The first-order chi connectivity index (χ1) is 22.7. The number of hydrogen-bond donors (Lipinski definition) is 3. The predicted octanol–water partition coefficient (Wildman–Crippen LogP) is 3.70. The van der Waals surface area contributed by atoms with E-state index in [4.69, 9.17) is 28.4 Å². The molecule has 0 spiro atoms. The zero-order chi connectivity index (χ0) is 37.2. The summed E-state index contributed by atoms with van der Waals surface area (Å²) >= 11 is 0. The van der Waals surface area contributed by atoms with Crippen molar-refractivity contribution in [3.8, 4) is 0 Å². The normalized spacial score (nSPS) is 48.2. The Labute approximate surface area is 294 Å². The van der Waals surface area contributed by atoms with E-state index < -0.39 is 84.1 Å². The Bertz CT molecular complexity index is 1090. The zero-order valence-electron chi connectivity index (χ0n) is 32.3. The van der Waals surface area contributed by atoms with Crippen LogP contribution >= 0.6 is 0 Å². The van der Waals surface area contributed by atoms with Crippen molar-refractivity contribution in [2.45, 2.75) is 174 Å². The van der Waals surface area contributed by atoms with Crippen LogP contribution < -0.4 is 0 Å². The molecule has 3 N–H and O–H groups in total. The van der Waals surface area contributed by atoms with Gasteiger partial charge in [0.15, 0.2) is 12.6 Å². The third-order valence-corrected chi connectivity index (χ3v) is 11.5. The first kappa shape index (κ1) is 42.2. The van der Waals surface area contributed by atoms with Gasteiger partial charge in [0, 0.05) is 37.3 Å². The van der Waals surface area contributed by atoms with E-state index in [1.165, 1.54) is 7.11 Å². The SMILES string of the molecule is CC[C@H]1OC(=O)[C@H](C)[C@@H](O[C@H]2C[C@@](C)(OC)[C@@H](O)[C@H](C)O2)[C@H](C)[C@@H](O[C@@H]2O[C@H](C)C[C@H](N(C)C)[C@H]2O)[C@@](C)(O)C[C@@H](C)C(=O)[C@H](C)C[C@H]1C. The van der Waals surface area contributed by atoms with Gasteiger partial charge < -0.3 is 48.6 Å². The van der Waals surface area contributed by atoms with Gasteiger partial charge in [-0.15, -0.1) is 0 Å². The number of ether oxygens (including phenoxy) is 6. The van der Waals surface area contributed by atoms with E-state index in [1.54, 1.807) is 27.7 Å². The summed E-state index contributed by atoms with van der Waals surface area (Å²) < 4.78 is 37.5. The van der Waals surface area contributed by atoms with E-state index in [1.807, 2.05) is 60.5 Å². The molecule has 0 aromatic heterocycles. The molecule has 3 aliphatic heterocycles. The number of aliphatic hydroxyl groups is 3. The molecule has 3 aliphatic rings. The lowest BCUT2D eigenvalue weighted by Gasteiger charge is -2.48. The van der Waals surface area contributed by atoms with Gasteiger partial charge >= 0.3 is 5.97 Å². The maximum absolute atomic E-state index is 14.0. The summed E-state index contributed by atoms with van der Waals surface area (Å²) in [5, 5.41) is 34.7. The fraction of sp³-hybridized carbons (Fsp3) is 0.946. The molecule has 0 unspecified atom stereocenters. The topological polar surface area (TPSA) is 153 Å². The minimum absolute atomic E-state index is 0.00943. The molecule has 12 heteroatoms. The standard InChI is InChI=1S/C37H67NO11/c1-14-27-19(2)15-20(3)29(39)21(4)17-36(9,43)33(49-35-30(40)26(38(11)12)16-22(5)45-35)23(6)31(24(7)34(42)47-27)48-28-18-37(10,44-13)32(41)25(8)46-28/h19-28,30-33,35,40-41,43H,14-18H2,1-13H3/t19-,20-,21-,22-,23+,24-,25+,26+,27-,28+,30-,31+,32+,33-,35+,36+,37-/m1/s1. The second-order valence-electron chi connectivity index (χ2n) is 16.2. The Morgan fingerprint density at radius 1 is 0.918 bits per heavy atom. The number of methoxy groups -OCH3 is 1. The maximum atomic E-state index is 14.0. The van der Waals surface area contributed by atoms with E-state index in [0.29, 0.717) is 19.3 Å². The quantitative estimate of drug-likeness (QED) is 0.332. The van der Waals surface area contributed by atoms with Gasteiger partial charge in [-0.05, 0) is 80.3 Å². The average Bonchev–Trinajstić information content (AvgIpc) is 3.02. The highest BCUT2D eigenvalue weighted by molar-refractivity contribution is 5.83. The van der Waals surface area contributed by atoms with Gasteiger partial charge in [-0.25, -0.2) is 0 Å². The number of ketones is 1. The van der Waals surface area contributed by atoms with E-state index in [-0.39, 0.29) is 42.6 Å². The Hall–Kier alpha value is -1.22. The molecule has 12 nitrogen and oxygen atoms in total. The second-order valence-corrected chi connectivity index (χ2v) is 16.2. The summed E-state index contributed by atoms with van der Waals surface area (Å²) in [7, 11) is 5.29. The van der Waals surface area contributed by atoms with Gasteiger partial charge in [-0.3, -0.25) is 9.59 Å². The fourth-order valence-electron chi connectivity index (χ4n) is 8.42. The number of carbonyl (C=O) groups is 2. The molecule has 3 heterocycles. The molecule has 3 saturated heterocycles.